The van der Waals surface area contributed by atoms with Crippen molar-refractivity contribution in [3.8, 4) is 0 Å². The molecule has 0 amide bonds. The van der Waals surface area contributed by atoms with E-state index in [1.807, 2.05) is 26.8 Å². The lowest BCUT2D eigenvalue weighted by atomic mass is 10.0. The molecule has 1 unspecified atom stereocenters. The highest BCUT2D eigenvalue weighted by molar-refractivity contribution is 5.31. The van der Waals surface area contributed by atoms with Crippen molar-refractivity contribution in [3.63, 3.8) is 0 Å². The van der Waals surface area contributed by atoms with Crippen LogP contribution in [-0.4, -0.2) is 14.9 Å². The van der Waals surface area contributed by atoms with Crippen LogP contribution in [0, 0.1) is 12.7 Å². The summed E-state index contributed by atoms with van der Waals surface area (Å²) in [5.74, 6) is -0.389. The molecular weight excluding hydrogens is 243 g/mol. The zero-order valence-corrected chi connectivity index (χ0v) is 11.5. The average Bonchev–Trinajstić information content (AvgIpc) is 2.84. The second-order valence-electron chi connectivity index (χ2n) is 4.66. The topological polar surface area (TPSA) is 38.0 Å². The molecular formula is C15H19FN2O. The van der Waals surface area contributed by atoms with Gasteiger partial charge in [-0.1, -0.05) is 24.6 Å². The summed E-state index contributed by atoms with van der Waals surface area (Å²) >= 11 is 0. The predicted octanol–water partition coefficient (Wildman–Crippen LogP) is 2.99. The minimum Gasteiger partial charge on any atom is -0.382 e. The summed E-state index contributed by atoms with van der Waals surface area (Å²) in [5.41, 5.74) is 2.78. The highest BCUT2D eigenvalue weighted by Crippen LogP contribution is 2.26. The fraction of sp³-hybridized carbons (Fsp3) is 0.400. The Kier molecular flexibility index (Phi) is 4.00. The molecule has 0 saturated heterocycles. The number of nitrogens with zero attached hydrogens (tertiary/aromatic N) is 2. The van der Waals surface area contributed by atoms with Crippen LogP contribution >= 0.6 is 0 Å². The van der Waals surface area contributed by atoms with Crippen molar-refractivity contribution in [2.24, 2.45) is 0 Å². The summed E-state index contributed by atoms with van der Waals surface area (Å²) in [6.45, 7) is 6.49. The number of hydrogen-bond acceptors (Lipinski definition) is 2. The van der Waals surface area contributed by atoms with Gasteiger partial charge in [-0.25, -0.2) is 4.39 Å². The van der Waals surface area contributed by atoms with Crippen LogP contribution in [-0.2, 0) is 13.0 Å². The van der Waals surface area contributed by atoms with Gasteiger partial charge in [0.15, 0.2) is 0 Å². The number of hydrogen-bond donors (Lipinski definition) is 1. The van der Waals surface area contributed by atoms with E-state index >= 15 is 0 Å². The van der Waals surface area contributed by atoms with E-state index in [1.54, 1.807) is 16.8 Å². The summed E-state index contributed by atoms with van der Waals surface area (Å²) in [4.78, 5) is 0. The van der Waals surface area contributed by atoms with E-state index in [2.05, 4.69) is 5.10 Å². The Bertz CT molecular complexity index is 578. The molecule has 1 N–H and O–H groups in total. The fourth-order valence-corrected chi connectivity index (χ4v) is 2.17. The van der Waals surface area contributed by atoms with Crippen LogP contribution in [0.1, 0.15) is 42.5 Å². The van der Waals surface area contributed by atoms with Crippen LogP contribution < -0.4 is 0 Å². The maximum atomic E-state index is 13.8. The molecule has 0 aliphatic carbocycles. The molecule has 4 heteroatoms. The van der Waals surface area contributed by atoms with Gasteiger partial charge in [-0.2, -0.15) is 5.10 Å². The van der Waals surface area contributed by atoms with Crippen LogP contribution in [0.25, 0.3) is 0 Å². The Balaban J connectivity index is 2.45. The first kappa shape index (κ1) is 13.7. The predicted molar refractivity (Wildman–Crippen MR) is 72.5 cm³/mol. The van der Waals surface area contributed by atoms with E-state index in [4.69, 9.17) is 0 Å². The standard InChI is InChI=1S/C15H19FN2O/c1-4-11-9-14(18(5-2)17-11)15(19)12-8-10(3)6-7-13(12)16/h6-9,15,19H,4-5H2,1-3H3. The van der Waals surface area contributed by atoms with Gasteiger partial charge in [0.2, 0.25) is 0 Å². The van der Waals surface area contributed by atoms with Gasteiger partial charge in [-0.3, -0.25) is 4.68 Å². The maximum Gasteiger partial charge on any atom is 0.129 e. The summed E-state index contributed by atoms with van der Waals surface area (Å²) < 4.78 is 15.6. The van der Waals surface area contributed by atoms with E-state index in [-0.39, 0.29) is 5.82 Å². The molecule has 1 aromatic heterocycles. The molecule has 102 valence electrons. The normalized spacial score (nSPS) is 12.7. The van der Waals surface area contributed by atoms with Crippen LogP contribution in [0.4, 0.5) is 4.39 Å². The van der Waals surface area contributed by atoms with E-state index < -0.39 is 6.10 Å². The first-order valence-corrected chi connectivity index (χ1v) is 6.57. The lowest BCUT2D eigenvalue weighted by Crippen LogP contribution is -2.10. The summed E-state index contributed by atoms with van der Waals surface area (Å²) in [6.07, 6.45) is -0.184. The molecule has 0 spiro atoms. The molecule has 0 aliphatic heterocycles. The van der Waals surface area contributed by atoms with Gasteiger partial charge in [0.25, 0.3) is 0 Å². The van der Waals surface area contributed by atoms with Crippen LogP contribution in [0.2, 0.25) is 0 Å². The fourth-order valence-electron chi connectivity index (χ4n) is 2.17. The Morgan fingerprint density at radius 1 is 1.32 bits per heavy atom. The van der Waals surface area contributed by atoms with Gasteiger partial charge in [0.05, 0.1) is 11.4 Å². The van der Waals surface area contributed by atoms with E-state index in [0.29, 0.717) is 17.8 Å². The highest BCUT2D eigenvalue weighted by atomic mass is 19.1. The largest absolute Gasteiger partial charge is 0.382 e. The van der Waals surface area contributed by atoms with Crippen molar-refractivity contribution in [3.05, 3.63) is 52.6 Å². The van der Waals surface area contributed by atoms with Crippen molar-refractivity contribution < 1.29 is 9.50 Å². The van der Waals surface area contributed by atoms with Crippen molar-refractivity contribution in [2.45, 2.75) is 39.8 Å². The zero-order chi connectivity index (χ0) is 14.0. The van der Waals surface area contributed by atoms with E-state index in [1.165, 1.54) is 6.07 Å². The first-order chi connectivity index (χ1) is 9.06. The minimum atomic E-state index is -0.979. The molecule has 2 rings (SSSR count). The van der Waals surface area contributed by atoms with E-state index in [0.717, 1.165) is 17.7 Å². The summed E-state index contributed by atoms with van der Waals surface area (Å²) in [6, 6.07) is 6.61. The first-order valence-electron chi connectivity index (χ1n) is 6.57. The van der Waals surface area contributed by atoms with Gasteiger partial charge in [0, 0.05) is 12.1 Å². The van der Waals surface area contributed by atoms with Gasteiger partial charge >= 0.3 is 0 Å². The van der Waals surface area contributed by atoms with Gasteiger partial charge in [-0.05, 0) is 32.4 Å². The molecule has 3 nitrogen and oxygen atoms in total. The van der Waals surface area contributed by atoms with Crippen molar-refractivity contribution in [2.75, 3.05) is 0 Å². The smallest absolute Gasteiger partial charge is 0.129 e. The third-order valence-corrected chi connectivity index (χ3v) is 3.25. The second kappa shape index (κ2) is 5.53. The Labute approximate surface area is 112 Å². The summed E-state index contributed by atoms with van der Waals surface area (Å²) in [5, 5.41) is 14.8. The molecule has 19 heavy (non-hydrogen) atoms. The maximum absolute atomic E-state index is 13.8. The number of rotatable bonds is 4. The zero-order valence-electron chi connectivity index (χ0n) is 11.5. The molecule has 2 aromatic rings. The van der Waals surface area contributed by atoms with E-state index in [9.17, 15) is 9.50 Å². The number of aryl methyl sites for hydroxylation is 3. The second-order valence-corrected chi connectivity index (χ2v) is 4.66. The number of benzene rings is 1. The minimum absolute atomic E-state index is 0.303. The monoisotopic (exact) mass is 262 g/mol. The molecule has 1 heterocycles. The molecule has 0 saturated carbocycles. The Morgan fingerprint density at radius 2 is 2.05 bits per heavy atom. The number of aliphatic hydroxyl groups is 1. The van der Waals surface area contributed by atoms with Crippen LogP contribution in [0.15, 0.2) is 24.3 Å². The highest BCUT2D eigenvalue weighted by Gasteiger charge is 2.20. The van der Waals surface area contributed by atoms with Gasteiger partial charge in [0.1, 0.15) is 11.9 Å². The summed E-state index contributed by atoms with van der Waals surface area (Å²) in [7, 11) is 0. The van der Waals surface area contributed by atoms with Gasteiger partial charge < -0.3 is 5.11 Å². The third-order valence-electron chi connectivity index (χ3n) is 3.25. The SMILES string of the molecule is CCc1cc(C(O)c2cc(C)ccc2F)n(CC)n1. The Morgan fingerprint density at radius 3 is 2.68 bits per heavy atom. The molecule has 0 bridgehead atoms. The third kappa shape index (κ3) is 2.68. The molecule has 0 radical (unpaired) electrons. The average molecular weight is 262 g/mol. The van der Waals surface area contributed by atoms with Crippen molar-refractivity contribution in [1.82, 2.24) is 9.78 Å². The van der Waals surface area contributed by atoms with Gasteiger partial charge in [-0.15, -0.1) is 0 Å². The van der Waals surface area contributed by atoms with Crippen LogP contribution in [0.3, 0.4) is 0 Å². The number of halogens is 1. The molecule has 1 atom stereocenters. The lowest BCUT2D eigenvalue weighted by Gasteiger charge is -2.14. The van der Waals surface area contributed by atoms with Crippen LogP contribution in [0.5, 0.6) is 0 Å². The van der Waals surface area contributed by atoms with Crippen molar-refractivity contribution in [1.29, 1.82) is 0 Å². The molecule has 0 aliphatic rings. The lowest BCUT2D eigenvalue weighted by molar-refractivity contribution is 0.203. The quantitative estimate of drug-likeness (QED) is 0.919. The molecule has 1 aromatic carbocycles. The molecule has 0 fully saturated rings. The Hall–Kier alpha value is -1.68. The number of aromatic nitrogens is 2. The number of aliphatic hydroxyl groups excluding tert-OH is 1. The van der Waals surface area contributed by atoms with Crippen molar-refractivity contribution >= 4 is 0 Å².